The van der Waals surface area contributed by atoms with Gasteiger partial charge in [0, 0.05) is 0 Å². The van der Waals surface area contributed by atoms with Gasteiger partial charge < -0.3 is 13.3 Å². The number of alkyl halides is 18. The average molecular weight is 607 g/mol. The monoisotopic (exact) mass is 606 g/mol. The molecular formula is C12H9ClF18O3Si. The minimum absolute atomic E-state index is 3.04. The van der Waals surface area contributed by atoms with Crippen LogP contribution in [0.5, 0.6) is 0 Å². The van der Waals surface area contributed by atoms with Crippen molar-refractivity contribution < 1.29 is 92.3 Å². The molecule has 0 aromatic rings. The molecule has 0 fully saturated rings. The SMILES string of the molecule is F[C@@H](C(F)(F)F)C(F)(F)CO[Si](Cl)(OCC(F)(F)[C@@H](F)C(F)(F)F)OCC(F)(F)[C@@H](F)C(F)(F)F. The fourth-order valence-electron chi connectivity index (χ4n) is 1.61. The molecule has 23 heteroatoms. The van der Waals surface area contributed by atoms with Gasteiger partial charge in [-0.15, -0.1) is 0 Å². The molecular weight excluding hydrogens is 598 g/mol. The Bertz CT molecular complexity index is 591. The van der Waals surface area contributed by atoms with Crippen LogP contribution in [0.3, 0.4) is 0 Å². The predicted octanol–water partition coefficient (Wildman–Crippen LogP) is 6.32. The van der Waals surface area contributed by atoms with E-state index in [2.05, 4.69) is 13.3 Å². The lowest BCUT2D eigenvalue weighted by Crippen LogP contribution is -2.54. The molecule has 0 aromatic carbocycles. The summed E-state index contributed by atoms with van der Waals surface area (Å²) in [5.74, 6) is -17.2. The van der Waals surface area contributed by atoms with Crippen molar-refractivity contribution in [2.45, 2.75) is 54.8 Å². The van der Waals surface area contributed by atoms with Crippen LogP contribution in [0.4, 0.5) is 79.0 Å². The highest BCUT2D eigenvalue weighted by Gasteiger charge is 2.62. The summed E-state index contributed by atoms with van der Waals surface area (Å²) in [6.45, 7) is -9.13. The molecule has 3 atom stereocenters. The van der Waals surface area contributed by atoms with Gasteiger partial charge in [0.05, 0.1) is 0 Å². The van der Waals surface area contributed by atoms with E-state index in [9.17, 15) is 79.0 Å². The zero-order valence-electron chi connectivity index (χ0n) is 15.8. The van der Waals surface area contributed by atoms with E-state index < -0.39 is 82.7 Å². The topological polar surface area (TPSA) is 27.7 Å². The molecule has 0 amide bonds. The molecule has 3 nitrogen and oxygen atoms in total. The van der Waals surface area contributed by atoms with Crippen LogP contribution in [-0.4, -0.2) is 82.7 Å². The van der Waals surface area contributed by atoms with E-state index in [1.165, 1.54) is 0 Å². The molecule has 0 radical (unpaired) electrons. The van der Waals surface area contributed by atoms with E-state index >= 15 is 0 Å². The van der Waals surface area contributed by atoms with Gasteiger partial charge in [-0.2, -0.15) is 39.5 Å². The van der Waals surface area contributed by atoms with E-state index in [1.807, 2.05) is 0 Å². The van der Waals surface area contributed by atoms with Crippen molar-refractivity contribution in [1.29, 1.82) is 0 Å². The Labute approximate surface area is 187 Å². The van der Waals surface area contributed by atoms with Gasteiger partial charge in [-0.25, -0.2) is 39.5 Å². The van der Waals surface area contributed by atoms with Gasteiger partial charge in [-0.3, -0.25) is 0 Å². The molecule has 0 spiro atoms. The second kappa shape index (κ2) is 10.9. The number of halogens is 19. The van der Waals surface area contributed by atoms with Gasteiger partial charge in [0.25, 0.3) is 18.5 Å². The van der Waals surface area contributed by atoms with E-state index in [0.717, 1.165) is 0 Å². The van der Waals surface area contributed by atoms with Gasteiger partial charge in [-0.1, -0.05) is 11.1 Å². The third-order valence-electron chi connectivity index (χ3n) is 3.29. The Morgan fingerprint density at radius 3 is 0.771 bits per heavy atom. The Hall–Kier alpha value is -0.873. The Morgan fingerprint density at radius 2 is 0.629 bits per heavy atom. The smallest absolute Gasteiger partial charge is 0.355 e. The van der Waals surface area contributed by atoms with Crippen LogP contribution in [0.25, 0.3) is 0 Å². The Balaban J connectivity index is 5.83. The van der Waals surface area contributed by atoms with Gasteiger partial charge in [-0.05, 0) is 0 Å². The minimum atomic E-state index is -6.46. The summed E-state index contributed by atoms with van der Waals surface area (Å²) in [7, 11) is -6.46. The van der Waals surface area contributed by atoms with Crippen LogP contribution in [0.1, 0.15) is 0 Å². The molecule has 0 aliphatic carbocycles. The van der Waals surface area contributed by atoms with E-state index in [0.29, 0.717) is 0 Å². The first-order valence-electron chi connectivity index (χ1n) is 7.95. The van der Waals surface area contributed by atoms with Crippen molar-refractivity contribution in [3.63, 3.8) is 0 Å². The summed E-state index contributed by atoms with van der Waals surface area (Å²) in [4.78, 5) is 0. The Kier molecular flexibility index (Phi) is 10.6. The third-order valence-corrected chi connectivity index (χ3v) is 5.74. The fraction of sp³-hybridized carbons (Fsp3) is 1.00. The van der Waals surface area contributed by atoms with Crippen LogP contribution < -0.4 is 0 Å². The molecule has 0 aromatic heterocycles. The van der Waals surface area contributed by atoms with Crippen molar-refractivity contribution in [2.24, 2.45) is 0 Å². The highest BCUT2D eigenvalue weighted by atomic mass is 35.6. The first-order valence-corrected chi connectivity index (χ1v) is 10.7. The first kappa shape index (κ1) is 34.1. The fourth-order valence-corrected chi connectivity index (χ4v) is 3.45. The van der Waals surface area contributed by atoms with Crippen molar-refractivity contribution in [2.75, 3.05) is 19.8 Å². The summed E-state index contributed by atoms with van der Waals surface area (Å²) >= 11 is 4.98. The van der Waals surface area contributed by atoms with E-state index in [4.69, 9.17) is 11.1 Å². The van der Waals surface area contributed by atoms with Gasteiger partial charge in [0.15, 0.2) is 0 Å². The highest BCUT2D eigenvalue weighted by Crippen LogP contribution is 2.39. The summed E-state index contributed by atoms with van der Waals surface area (Å²) < 4.78 is 238. The molecule has 35 heavy (non-hydrogen) atoms. The van der Waals surface area contributed by atoms with Crippen LogP contribution in [-0.2, 0) is 13.3 Å². The molecule has 0 heterocycles. The predicted molar refractivity (Wildman–Crippen MR) is 77.2 cm³/mol. The number of hydrogen-bond acceptors (Lipinski definition) is 3. The van der Waals surface area contributed by atoms with Crippen molar-refractivity contribution in [1.82, 2.24) is 0 Å². The minimum Gasteiger partial charge on any atom is -0.355 e. The molecule has 0 aliphatic heterocycles. The van der Waals surface area contributed by atoms with Crippen molar-refractivity contribution >= 4 is 19.2 Å². The quantitative estimate of drug-likeness (QED) is 0.148. The van der Waals surface area contributed by atoms with Crippen LogP contribution in [0.2, 0.25) is 0 Å². The van der Waals surface area contributed by atoms with Gasteiger partial charge in [0.2, 0.25) is 0 Å². The van der Waals surface area contributed by atoms with Crippen molar-refractivity contribution in [3.8, 4) is 0 Å². The summed E-state index contributed by atoms with van der Waals surface area (Å²) in [5.41, 5.74) is 0. The zero-order chi connectivity index (χ0) is 28.5. The number of hydrogen-bond donors (Lipinski definition) is 0. The van der Waals surface area contributed by atoms with Crippen LogP contribution in [0.15, 0.2) is 0 Å². The summed E-state index contributed by atoms with van der Waals surface area (Å²) in [6.07, 6.45) is -34.4. The van der Waals surface area contributed by atoms with E-state index in [1.54, 1.807) is 0 Å². The van der Waals surface area contributed by atoms with Crippen LogP contribution in [0, 0.1) is 0 Å². The average Bonchev–Trinajstić information content (AvgIpc) is 2.66. The Morgan fingerprint density at radius 1 is 0.457 bits per heavy atom. The van der Waals surface area contributed by atoms with Crippen LogP contribution >= 0.6 is 11.1 Å². The van der Waals surface area contributed by atoms with Gasteiger partial charge >= 0.3 is 44.4 Å². The third kappa shape index (κ3) is 10.2. The highest BCUT2D eigenvalue weighted by molar-refractivity contribution is 7.09. The lowest BCUT2D eigenvalue weighted by molar-refractivity contribution is -0.259. The first-order chi connectivity index (χ1) is 15.1. The summed E-state index contributed by atoms with van der Waals surface area (Å²) in [5, 5.41) is 0. The second-order valence-corrected chi connectivity index (χ2v) is 9.56. The summed E-state index contributed by atoms with van der Waals surface area (Å²) in [6, 6.07) is 0. The molecule has 212 valence electrons. The molecule has 0 saturated heterocycles. The van der Waals surface area contributed by atoms with Crippen molar-refractivity contribution in [3.05, 3.63) is 0 Å². The molecule has 0 aliphatic rings. The van der Waals surface area contributed by atoms with Gasteiger partial charge in [0.1, 0.15) is 19.8 Å². The standard InChI is InChI=1S/C12H9ClF18O3Si/c13-35(32-1-7(17,18)4(14)10(23,24)25,33-2-8(19,20)5(15)11(26,27)28)34-3-9(21,22)6(16)12(29,30)31/h4-6H,1-3H2/t4-,5-,6-/m1/s1. The second-order valence-electron chi connectivity index (χ2n) is 6.34. The molecule has 0 N–H and O–H groups in total. The normalized spacial score (nSPS) is 17.9. The lowest BCUT2D eigenvalue weighted by atomic mass is 10.2. The maximum absolute atomic E-state index is 13.3. The molecule has 0 rings (SSSR count). The number of rotatable bonds is 12. The maximum atomic E-state index is 13.3. The largest absolute Gasteiger partial charge is 0.613 e. The zero-order valence-corrected chi connectivity index (χ0v) is 17.5. The molecule has 0 unspecified atom stereocenters. The molecule has 0 saturated carbocycles. The maximum Gasteiger partial charge on any atom is 0.613 e. The molecule has 0 bridgehead atoms. The van der Waals surface area contributed by atoms with E-state index in [-0.39, 0.29) is 0 Å². The lowest BCUT2D eigenvalue weighted by Gasteiger charge is -2.31.